The number of phenolic OH excluding ortho intramolecular Hbond substituents is 1. The molecule has 0 bridgehead atoms. The molecule has 92 valence electrons. The normalized spacial score (nSPS) is 11.8. The summed E-state index contributed by atoms with van der Waals surface area (Å²) in [5.74, 6) is 0.398. The number of phenols is 1. The average molecular weight is 313 g/mol. The standard InChI is InChI=1S/C10H14BrNO3.ClH/c1-15-9-5-6(11)4-7(10(9)14)8(12)2-3-13;/h4-5,8,13-14H,2-3,12H2,1H3;1H/t8-;/m1./s1. The Morgan fingerprint density at radius 1 is 1.50 bits per heavy atom. The van der Waals surface area contributed by atoms with E-state index < -0.39 is 6.04 Å². The van der Waals surface area contributed by atoms with E-state index in [1.54, 1.807) is 12.1 Å². The highest BCUT2D eigenvalue weighted by atomic mass is 79.9. The summed E-state index contributed by atoms with van der Waals surface area (Å²) in [6.07, 6.45) is 0.396. The minimum Gasteiger partial charge on any atom is -0.504 e. The van der Waals surface area contributed by atoms with Crippen LogP contribution >= 0.6 is 28.3 Å². The Bertz CT molecular complexity index is 349. The van der Waals surface area contributed by atoms with E-state index in [0.29, 0.717) is 17.7 Å². The van der Waals surface area contributed by atoms with Crippen molar-refractivity contribution in [1.82, 2.24) is 0 Å². The summed E-state index contributed by atoms with van der Waals surface area (Å²) in [5, 5.41) is 18.6. The fourth-order valence-electron chi connectivity index (χ4n) is 1.33. The summed E-state index contributed by atoms with van der Waals surface area (Å²) in [5.41, 5.74) is 6.37. The van der Waals surface area contributed by atoms with Crippen LogP contribution in [-0.4, -0.2) is 23.9 Å². The van der Waals surface area contributed by atoms with Crippen molar-refractivity contribution in [3.8, 4) is 11.5 Å². The van der Waals surface area contributed by atoms with Gasteiger partial charge in [-0.25, -0.2) is 0 Å². The molecule has 16 heavy (non-hydrogen) atoms. The van der Waals surface area contributed by atoms with Crippen LogP contribution in [0, 0.1) is 0 Å². The lowest BCUT2D eigenvalue weighted by Gasteiger charge is -2.15. The van der Waals surface area contributed by atoms with E-state index in [2.05, 4.69) is 15.9 Å². The minimum absolute atomic E-state index is 0. The quantitative estimate of drug-likeness (QED) is 0.794. The number of hydrogen-bond donors (Lipinski definition) is 3. The van der Waals surface area contributed by atoms with Crippen LogP contribution in [0.4, 0.5) is 0 Å². The SMILES string of the molecule is COc1cc(Br)cc([C@H](N)CCO)c1O.Cl. The molecule has 1 atom stereocenters. The predicted molar refractivity (Wildman–Crippen MR) is 68.2 cm³/mol. The van der Waals surface area contributed by atoms with Gasteiger partial charge in [0.2, 0.25) is 0 Å². The summed E-state index contributed by atoms with van der Waals surface area (Å²) < 4.78 is 5.77. The third-order valence-corrected chi connectivity index (χ3v) is 2.59. The number of aliphatic hydroxyl groups excluding tert-OH is 1. The highest BCUT2D eigenvalue weighted by molar-refractivity contribution is 9.10. The second kappa shape index (κ2) is 6.96. The fourth-order valence-corrected chi connectivity index (χ4v) is 1.78. The molecule has 4 N–H and O–H groups in total. The number of ether oxygens (including phenoxy) is 1. The minimum atomic E-state index is -0.401. The lowest BCUT2D eigenvalue weighted by atomic mass is 10.0. The second-order valence-electron chi connectivity index (χ2n) is 3.16. The van der Waals surface area contributed by atoms with Gasteiger partial charge in [-0.15, -0.1) is 12.4 Å². The maximum Gasteiger partial charge on any atom is 0.162 e. The van der Waals surface area contributed by atoms with E-state index in [1.807, 2.05) is 0 Å². The first-order chi connectivity index (χ1) is 7.10. The number of nitrogens with two attached hydrogens (primary N) is 1. The van der Waals surface area contributed by atoms with Crippen molar-refractivity contribution < 1.29 is 14.9 Å². The molecule has 0 heterocycles. The van der Waals surface area contributed by atoms with Gasteiger partial charge in [-0.2, -0.15) is 0 Å². The number of hydrogen-bond acceptors (Lipinski definition) is 4. The molecule has 0 saturated heterocycles. The van der Waals surface area contributed by atoms with Crippen molar-refractivity contribution in [1.29, 1.82) is 0 Å². The molecule has 1 rings (SSSR count). The first-order valence-corrected chi connectivity index (χ1v) is 5.32. The Morgan fingerprint density at radius 2 is 2.12 bits per heavy atom. The molecule has 4 nitrogen and oxygen atoms in total. The molecule has 0 saturated carbocycles. The molecule has 0 spiro atoms. The van der Waals surface area contributed by atoms with Gasteiger partial charge in [0.1, 0.15) is 0 Å². The first-order valence-electron chi connectivity index (χ1n) is 4.53. The summed E-state index contributed by atoms with van der Waals surface area (Å²) in [4.78, 5) is 0. The molecule has 0 fully saturated rings. The molecule has 0 aliphatic rings. The van der Waals surface area contributed by atoms with Crippen molar-refractivity contribution in [2.75, 3.05) is 13.7 Å². The van der Waals surface area contributed by atoms with E-state index in [1.165, 1.54) is 7.11 Å². The van der Waals surface area contributed by atoms with E-state index >= 15 is 0 Å². The van der Waals surface area contributed by atoms with Gasteiger partial charge in [-0.1, -0.05) is 15.9 Å². The Morgan fingerprint density at radius 3 is 2.62 bits per heavy atom. The van der Waals surface area contributed by atoms with Crippen molar-refractivity contribution in [2.45, 2.75) is 12.5 Å². The lowest BCUT2D eigenvalue weighted by Crippen LogP contribution is -2.12. The van der Waals surface area contributed by atoms with Crippen molar-refractivity contribution in [2.24, 2.45) is 5.73 Å². The zero-order valence-corrected chi connectivity index (χ0v) is 11.2. The van der Waals surface area contributed by atoms with Gasteiger partial charge in [-0.3, -0.25) is 0 Å². The van der Waals surface area contributed by atoms with Crippen LogP contribution in [0.2, 0.25) is 0 Å². The largest absolute Gasteiger partial charge is 0.504 e. The number of rotatable bonds is 4. The summed E-state index contributed by atoms with van der Waals surface area (Å²) >= 11 is 3.30. The van der Waals surface area contributed by atoms with Gasteiger partial charge in [-0.05, 0) is 18.6 Å². The van der Waals surface area contributed by atoms with E-state index in [0.717, 1.165) is 4.47 Å². The molecular weight excluding hydrogens is 297 g/mol. The number of methoxy groups -OCH3 is 1. The zero-order valence-electron chi connectivity index (χ0n) is 8.81. The molecule has 1 aromatic rings. The van der Waals surface area contributed by atoms with Crippen LogP contribution in [0.3, 0.4) is 0 Å². The molecule has 0 aliphatic carbocycles. The molecule has 0 radical (unpaired) electrons. The van der Waals surface area contributed by atoms with Crippen molar-refractivity contribution >= 4 is 28.3 Å². The van der Waals surface area contributed by atoms with Crippen molar-refractivity contribution in [3.05, 3.63) is 22.2 Å². The van der Waals surface area contributed by atoms with Gasteiger partial charge < -0.3 is 20.7 Å². The van der Waals surface area contributed by atoms with E-state index in [-0.39, 0.29) is 24.8 Å². The maximum absolute atomic E-state index is 9.80. The lowest BCUT2D eigenvalue weighted by molar-refractivity contribution is 0.275. The third kappa shape index (κ3) is 3.52. The van der Waals surface area contributed by atoms with E-state index in [4.69, 9.17) is 15.6 Å². The topological polar surface area (TPSA) is 75.7 Å². The highest BCUT2D eigenvalue weighted by Gasteiger charge is 2.15. The van der Waals surface area contributed by atoms with Crippen LogP contribution in [0.5, 0.6) is 11.5 Å². The second-order valence-corrected chi connectivity index (χ2v) is 4.08. The fraction of sp³-hybridized carbons (Fsp3) is 0.400. The summed E-state index contributed by atoms with van der Waals surface area (Å²) in [6.45, 7) is -0.0184. The van der Waals surface area contributed by atoms with Crippen LogP contribution in [0.15, 0.2) is 16.6 Å². The number of aromatic hydroxyl groups is 1. The Hall–Kier alpha value is -0.490. The van der Waals surface area contributed by atoms with Gasteiger partial charge in [0, 0.05) is 22.7 Å². The number of halogens is 2. The molecule has 0 aliphatic heterocycles. The first kappa shape index (κ1) is 15.5. The molecule has 1 aromatic carbocycles. The predicted octanol–water partition coefficient (Wildman–Crippen LogP) is 1.97. The molecule has 0 unspecified atom stereocenters. The monoisotopic (exact) mass is 311 g/mol. The Kier molecular flexibility index (Phi) is 6.74. The van der Waals surface area contributed by atoms with Gasteiger partial charge in [0.15, 0.2) is 11.5 Å². The summed E-state index contributed by atoms with van der Waals surface area (Å²) in [7, 11) is 1.48. The Labute approximate surface area is 109 Å². The van der Waals surface area contributed by atoms with Crippen LogP contribution < -0.4 is 10.5 Å². The van der Waals surface area contributed by atoms with Gasteiger partial charge >= 0.3 is 0 Å². The highest BCUT2D eigenvalue weighted by Crippen LogP contribution is 2.36. The number of aliphatic hydroxyl groups is 1. The maximum atomic E-state index is 9.80. The van der Waals surface area contributed by atoms with Crippen LogP contribution in [-0.2, 0) is 0 Å². The van der Waals surface area contributed by atoms with Crippen LogP contribution in [0.1, 0.15) is 18.0 Å². The van der Waals surface area contributed by atoms with E-state index in [9.17, 15) is 5.11 Å². The van der Waals surface area contributed by atoms with Crippen molar-refractivity contribution in [3.63, 3.8) is 0 Å². The smallest absolute Gasteiger partial charge is 0.162 e. The summed E-state index contributed by atoms with van der Waals surface area (Å²) in [6, 6.07) is 2.98. The molecule has 0 aromatic heterocycles. The Balaban J connectivity index is 0.00000225. The third-order valence-electron chi connectivity index (χ3n) is 2.13. The zero-order chi connectivity index (χ0) is 11.4. The molecular formula is C10H15BrClNO3. The van der Waals surface area contributed by atoms with Gasteiger partial charge in [0.25, 0.3) is 0 Å². The molecule has 6 heteroatoms. The van der Waals surface area contributed by atoms with Crippen LogP contribution in [0.25, 0.3) is 0 Å². The molecule has 0 amide bonds. The number of benzene rings is 1. The average Bonchev–Trinajstić information content (AvgIpc) is 2.21. The van der Waals surface area contributed by atoms with Gasteiger partial charge in [0.05, 0.1) is 7.11 Å².